The molecule has 108 valence electrons. The van der Waals surface area contributed by atoms with Crippen LogP contribution in [0.25, 0.3) is 0 Å². The largest absolute Gasteiger partial charge is 0.351 e. The van der Waals surface area contributed by atoms with E-state index in [1.165, 1.54) is 19.3 Å². The Morgan fingerprint density at radius 1 is 1.40 bits per heavy atom. The summed E-state index contributed by atoms with van der Waals surface area (Å²) >= 11 is 0. The molecule has 6 heteroatoms. The first kappa shape index (κ1) is 13.1. The Hall–Kier alpha value is -1.85. The van der Waals surface area contributed by atoms with Crippen molar-refractivity contribution in [1.82, 2.24) is 9.97 Å². The van der Waals surface area contributed by atoms with Crippen LogP contribution in [0.3, 0.4) is 0 Å². The van der Waals surface area contributed by atoms with Crippen molar-refractivity contribution in [1.29, 1.82) is 0 Å². The number of carbonyl (C=O) groups is 1. The van der Waals surface area contributed by atoms with Crippen LogP contribution in [0.4, 0.5) is 17.5 Å². The maximum Gasteiger partial charge on any atom is 0.247 e. The van der Waals surface area contributed by atoms with Gasteiger partial charge in [0.15, 0.2) is 5.82 Å². The lowest BCUT2D eigenvalue weighted by atomic mass is 9.93. The molecule has 2 N–H and O–H groups in total. The quantitative estimate of drug-likeness (QED) is 0.882. The molecule has 0 radical (unpaired) electrons. The fraction of sp³-hybridized carbons (Fsp3) is 0.643. The monoisotopic (exact) mass is 275 g/mol. The van der Waals surface area contributed by atoms with Gasteiger partial charge in [0.2, 0.25) is 11.9 Å². The standard InChI is InChI=1S/C14H21N5O/c1-4-10-13(20)17-11-8(2)15-14(16-9-6-5-7-9)18-12(11)19(10)3/h9-10H,4-7H2,1-3H3,(H,17,20)(H,15,16,18)/t10-/m0/s1. The van der Waals surface area contributed by atoms with E-state index in [9.17, 15) is 4.79 Å². The molecule has 1 aromatic rings. The second kappa shape index (κ2) is 4.92. The lowest BCUT2D eigenvalue weighted by Crippen LogP contribution is -2.46. The number of hydrogen-bond donors (Lipinski definition) is 2. The molecule has 0 aromatic carbocycles. The van der Waals surface area contributed by atoms with Crippen LogP contribution in [0, 0.1) is 6.92 Å². The molecule has 1 atom stereocenters. The Kier molecular flexibility index (Phi) is 3.23. The van der Waals surface area contributed by atoms with E-state index < -0.39 is 0 Å². The van der Waals surface area contributed by atoms with Gasteiger partial charge in [0.05, 0.1) is 5.69 Å². The predicted molar refractivity (Wildman–Crippen MR) is 79.1 cm³/mol. The molecular formula is C14H21N5O. The van der Waals surface area contributed by atoms with Crippen LogP contribution in [0.1, 0.15) is 38.3 Å². The molecule has 2 heterocycles. The minimum atomic E-state index is -0.159. The summed E-state index contributed by atoms with van der Waals surface area (Å²) in [7, 11) is 1.92. The molecule has 0 unspecified atom stereocenters. The SMILES string of the molecule is CC[C@H]1C(=O)Nc2c(C)nc(NC3CCC3)nc2N1C. The third kappa shape index (κ3) is 2.09. The van der Waals surface area contributed by atoms with Gasteiger partial charge in [-0.3, -0.25) is 4.79 Å². The molecule has 3 rings (SSSR count). The van der Waals surface area contributed by atoms with Crippen LogP contribution >= 0.6 is 0 Å². The molecule has 0 bridgehead atoms. The highest BCUT2D eigenvalue weighted by Gasteiger charge is 2.32. The second-order valence-corrected chi connectivity index (χ2v) is 5.63. The number of nitrogens with zero attached hydrogens (tertiary/aromatic N) is 3. The summed E-state index contributed by atoms with van der Waals surface area (Å²) < 4.78 is 0. The Labute approximate surface area is 119 Å². The summed E-state index contributed by atoms with van der Waals surface area (Å²) in [5.41, 5.74) is 1.55. The van der Waals surface area contributed by atoms with Crippen LogP contribution < -0.4 is 15.5 Å². The normalized spacial score (nSPS) is 22.1. The topological polar surface area (TPSA) is 70.1 Å². The van der Waals surface area contributed by atoms with Gasteiger partial charge >= 0.3 is 0 Å². The van der Waals surface area contributed by atoms with Crippen LogP contribution in [0.2, 0.25) is 0 Å². The average molecular weight is 275 g/mol. The zero-order valence-electron chi connectivity index (χ0n) is 12.2. The minimum Gasteiger partial charge on any atom is -0.351 e. The second-order valence-electron chi connectivity index (χ2n) is 5.63. The van der Waals surface area contributed by atoms with E-state index in [2.05, 4.69) is 20.6 Å². The number of nitrogens with one attached hydrogen (secondary N) is 2. The van der Waals surface area contributed by atoms with Crippen molar-refractivity contribution in [3.05, 3.63) is 5.69 Å². The van der Waals surface area contributed by atoms with Crippen molar-refractivity contribution in [2.24, 2.45) is 0 Å². The molecule has 1 fully saturated rings. The number of likely N-dealkylation sites (N-methyl/N-ethyl adjacent to an activating group) is 1. The lowest BCUT2D eigenvalue weighted by Gasteiger charge is -2.35. The van der Waals surface area contributed by atoms with Crippen molar-refractivity contribution in [3.8, 4) is 0 Å². The van der Waals surface area contributed by atoms with Gasteiger partial charge in [-0.05, 0) is 32.6 Å². The number of anilines is 3. The smallest absolute Gasteiger partial charge is 0.247 e. The molecular weight excluding hydrogens is 254 g/mol. The zero-order valence-corrected chi connectivity index (χ0v) is 12.2. The lowest BCUT2D eigenvalue weighted by molar-refractivity contribution is -0.117. The highest BCUT2D eigenvalue weighted by atomic mass is 16.2. The molecule has 1 saturated carbocycles. The first-order valence-corrected chi connectivity index (χ1v) is 7.29. The van der Waals surface area contributed by atoms with E-state index >= 15 is 0 Å². The predicted octanol–water partition coefficient (Wildman–Crippen LogP) is 1.92. The van der Waals surface area contributed by atoms with Crippen molar-refractivity contribution in [2.45, 2.75) is 51.6 Å². The fourth-order valence-electron chi connectivity index (χ4n) is 2.75. The maximum atomic E-state index is 12.0. The molecule has 6 nitrogen and oxygen atoms in total. The molecule has 0 spiro atoms. The van der Waals surface area contributed by atoms with Crippen LogP contribution in [0.15, 0.2) is 0 Å². The Morgan fingerprint density at radius 2 is 2.15 bits per heavy atom. The molecule has 0 saturated heterocycles. The van der Waals surface area contributed by atoms with Crippen LogP contribution in [-0.2, 0) is 4.79 Å². The minimum absolute atomic E-state index is 0.0221. The summed E-state index contributed by atoms with van der Waals surface area (Å²) in [6, 6.07) is 0.339. The Balaban J connectivity index is 1.94. The van der Waals surface area contributed by atoms with Gasteiger partial charge < -0.3 is 15.5 Å². The van der Waals surface area contributed by atoms with Crippen molar-refractivity contribution in [2.75, 3.05) is 22.6 Å². The summed E-state index contributed by atoms with van der Waals surface area (Å²) in [6.07, 6.45) is 4.40. The third-order valence-corrected chi connectivity index (χ3v) is 4.25. The molecule has 1 aliphatic carbocycles. The Morgan fingerprint density at radius 3 is 2.75 bits per heavy atom. The molecule has 1 aliphatic heterocycles. The average Bonchev–Trinajstić information content (AvgIpc) is 2.36. The number of hydrogen-bond acceptors (Lipinski definition) is 5. The van der Waals surface area contributed by atoms with Crippen molar-refractivity contribution >= 4 is 23.4 Å². The van der Waals surface area contributed by atoms with Crippen LogP contribution in [0.5, 0.6) is 0 Å². The molecule has 1 aromatic heterocycles. The van der Waals surface area contributed by atoms with Gasteiger partial charge in [0.25, 0.3) is 0 Å². The molecule has 20 heavy (non-hydrogen) atoms. The summed E-state index contributed by atoms with van der Waals surface area (Å²) in [4.78, 5) is 23.1. The summed E-state index contributed by atoms with van der Waals surface area (Å²) in [5, 5.41) is 6.31. The summed E-state index contributed by atoms with van der Waals surface area (Å²) in [5.74, 6) is 1.50. The third-order valence-electron chi connectivity index (χ3n) is 4.25. The van der Waals surface area contributed by atoms with E-state index in [0.717, 1.165) is 23.6 Å². The number of amides is 1. The van der Waals surface area contributed by atoms with E-state index in [4.69, 9.17) is 0 Å². The van der Waals surface area contributed by atoms with E-state index in [-0.39, 0.29) is 11.9 Å². The van der Waals surface area contributed by atoms with E-state index in [1.807, 2.05) is 25.8 Å². The number of carbonyl (C=O) groups excluding carboxylic acids is 1. The number of aromatic nitrogens is 2. The molecule has 1 amide bonds. The van der Waals surface area contributed by atoms with Crippen molar-refractivity contribution in [3.63, 3.8) is 0 Å². The van der Waals surface area contributed by atoms with Crippen LogP contribution in [-0.4, -0.2) is 35.0 Å². The summed E-state index contributed by atoms with van der Waals surface area (Å²) in [6.45, 7) is 3.92. The number of rotatable bonds is 3. The number of aryl methyl sites for hydroxylation is 1. The van der Waals surface area contributed by atoms with E-state index in [1.54, 1.807) is 0 Å². The van der Waals surface area contributed by atoms with Gasteiger partial charge in [-0.25, -0.2) is 4.98 Å². The first-order valence-electron chi connectivity index (χ1n) is 7.29. The van der Waals surface area contributed by atoms with E-state index in [0.29, 0.717) is 12.0 Å². The fourth-order valence-corrected chi connectivity index (χ4v) is 2.75. The van der Waals surface area contributed by atoms with Gasteiger partial charge in [0, 0.05) is 13.1 Å². The zero-order chi connectivity index (χ0) is 14.3. The number of fused-ring (bicyclic) bond motifs is 1. The molecule has 2 aliphatic rings. The Bertz CT molecular complexity index is 541. The van der Waals surface area contributed by atoms with Gasteiger partial charge in [-0.1, -0.05) is 6.92 Å². The van der Waals surface area contributed by atoms with Gasteiger partial charge in [-0.2, -0.15) is 4.98 Å². The first-order chi connectivity index (χ1) is 9.60. The van der Waals surface area contributed by atoms with Gasteiger partial charge in [0.1, 0.15) is 11.7 Å². The highest BCUT2D eigenvalue weighted by Crippen LogP contribution is 2.33. The highest BCUT2D eigenvalue weighted by molar-refractivity contribution is 6.03. The van der Waals surface area contributed by atoms with Gasteiger partial charge in [-0.15, -0.1) is 0 Å². The maximum absolute atomic E-state index is 12.0. The van der Waals surface area contributed by atoms with Crippen molar-refractivity contribution < 1.29 is 4.79 Å².